The summed E-state index contributed by atoms with van der Waals surface area (Å²) in [5.41, 5.74) is 6.10. The van der Waals surface area contributed by atoms with Crippen molar-refractivity contribution in [3.05, 3.63) is 64.1 Å². The van der Waals surface area contributed by atoms with Crippen molar-refractivity contribution < 1.29 is 14.3 Å². The zero-order valence-electron chi connectivity index (χ0n) is 12.8. The number of nitrogens with one attached hydrogen (secondary N) is 2. The molecule has 2 aromatic rings. The summed E-state index contributed by atoms with van der Waals surface area (Å²) >= 11 is 3.33. The Hall–Kier alpha value is -2.34. The van der Waals surface area contributed by atoms with Gasteiger partial charge in [-0.1, -0.05) is 40.2 Å². The highest BCUT2D eigenvalue weighted by Crippen LogP contribution is 2.18. The molecule has 1 unspecified atom stereocenters. The topological polar surface area (TPSA) is 67.4 Å². The Bertz CT molecular complexity index is 718. The maximum Gasteiger partial charge on any atom is 0.279 e. The van der Waals surface area contributed by atoms with E-state index in [1.54, 1.807) is 31.2 Å². The third-order valence-corrected chi connectivity index (χ3v) is 3.66. The van der Waals surface area contributed by atoms with E-state index in [1.807, 2.05) is 31.2 Å². The highest BCUT2D eigenvalue weighted by atomic mass is 79.9. The number of hydrazine groups is 1. The van der Waals surface area contributed by atoms with Crippen molar-refractivity contribution in [1.82, 2.24) is 10.9 Å². The first kappa shape index (κ1) is 17.0. The monoisotopic (exact) mass is 376 g/mol. The average Bonchev–Trinajstić information content (AvgIpc) is 2.52. The maximum absolute atomic E-state index is 12.0. The minimum absolute atomic E-state index is 0.369. The largest absolute Gasteiger partial charge is 0.481 e. The number of carbonyl (C=O) groups is 2. The van der Waals surface area contributed by atoms with Gasteiger partial charge in [0.25, 0.3) is 11.8 Å². The normalized spacial score (nSPS) is 11.4. The summed E-state index contributed by atoms with van der Waals surface area (Å²) in [6.07, 6.45) is -0.749. The summed E-state index contributed by atoms with van der Waals surface area (Å²) in [6.45, 7) is 3.44. The Labute approximate surface area is 143 Å². The lowest BCUT2D eigenvalue weighted by Gasteiger charge is -2.15. The lowest BCUT2D eigenvalue weighted by molar-refractivity contribution is -0.128. The highest BCUT2D eigenvalue weighted by molar-refractivity contribution is 9.10. The molecular formula is C17H17BrN2O3. The molecule has 0 bridgehead atoms. The van der Waals surface area contributed by atoms with Crippen molar-refractivity contribution in [3.8, 4) is 5.75 Å². The van der Waals surface area contributed by atoms with Crippen LogP contribution in [0.1, 0.15) is 22.8 Å². The van der Waals surface area contributed by atoms with Crippen LogP contribution in [0.2, 0.25) is 0 Å². The average molecular weight is 377 g/mol. The Morgan fingerprint density at radius 2 is 1.83 bits per heavy atom. The van der Waals surface area contributed by atoms with Gasteiger partial charge < -0.3 is 4.74 Å². The van der Waals surface area contributed by atoms with E-state index < -0.39 is 12.0 Å². The van der Waals surface area contributed by atoms with Gasteiger partial charge in [0.2, 0.25) is 0 Å². The van der Waals surface area contributed by atoms with E-state index in [1.165, 1.54) is 0 Å². The van der Waals surface area contributed by atoms with Crippen molar-refractivity contribution in [3.63, 3.8) is 0 Å². The summed E-state index contributed by atoms with van der Waals surface area (Å²) in [5.74, 6) is -0.245. The molecule has 2 rings (SSSR count). The lowest BCUT2D eigenvalue weighted by atomic mass is 10.1. The van der Waals surface area contributed by atoms with Gasteiger partial charge in [0, 0.05) is 10.0 Å². The van der Waals surface area contributed by atoms with Gasteiger partial charge >= 0.3 is 0 Å². The number of rotatable bonds is 4. The number of aryl methyl sites for hydroxylation is 1. The standard InChI is InChI=1S/C17H17BrN2O3/c1-11-6-3-4-9-15(11)17(22)20-19-16(21)12(2)23-14-8-5-7-13(18)10-14/h3-10,12H,1-2H3,(H,19,21)(H,20,22). The van der Waals surface area contributed by atoms with E-state index in [2.05, 4.69) is 26.8 Å². The number of carbonyl (C=O) groups excluding carboxylic acids is 2. The zero-order chi connectivity index (χ0) is 16.8. The fraction of sp³-hybridized carbons (Fsp3) is 0.176. The van der Waals surface area contributed by atoms with Crippen LogP contribution in [0, 0.1) is 6.92 Å². The number of hydrogen-bond acceptors (Lipinski definition) is 3. The molecule has 0 aromatic heterocycles. The Morgan fingerprint density at radius 3 is 2.52 bits per heavy atom. The van der Waals surface area contributed by atoms with Gasteiger partial charge in [-0.3, -0.25) is 20.4 Å². The lowest BCUT2D eigenvalue weighted by Crippen LogP contribution is -2.47. The van der Waals surface area contributed by atoms with E-state index in [4.69, 9.17) is 4.74 Å². The summed E-state index contributed by atoms with van der Waals surface area (Å²) < 4.78 is 6.38. The predicted octanol–water partition coefficient (Wildman–Crippen LogP) is 2.99. The first-order valence-electron chi connectivity index (χ1n) is 7.05. The van der Waals surface area contributed by atoms with Crippen molar-refractivity contribution in [2.45, 2.75) is 20.0 Å². The molecule has 2 N–H and O–H groups in total. The maximum atomic E-state index is 12.0. The fourth-order valence-corrected chi connectivity index (χ4v) is 2.29. The van der Waals surface area contributed by atoms with E-state index in [-0.39, 0.29) is 5.91 Å². The molecule has 6 heteroatoms. The highest BCUT2D eigenvalue weighted by Gasteiger charge is 2.16. The van der Waals surface area contributed by atoms with Gasteiger partial charge in [-0.25, -0.2) is 0 Å². The summed E-state index contributed by atoms with van der Waals surface area (Å²) in [6, 6.07) is 14.3. The zero-order valence-corrected chi connectivity index (χ0v) is 14.4. The van der Waals surface area contributed by atoms with E-state index >= 15 is 0 Å². The molecule has 1 atom stereocenters. The molecule has 2 aromatic carbocycles. The third kappa shape index (κ3) is 4.82. The second-order valence-corrected chi connectivity index (χ2v) is 5.89. The third-order valence-electron chi connectivity index (χ3n) is 3.17. The second kappa shape index (κ2) is 7.78. The number of halogens is 1. The quantitative estimate of drug-likeness (QED) is 0.806. The molecule has 23 heavy (non-hydrogen) atoms. The van der Waals surface area contributed by atoms with Crippen LogP contribution in [0.4, 0.5) is 0 Å². The van der Waals surface area contributed by atoms with Crippen molar-refractivity contribution >= 4 is 27.7 Å². The molecule has 0 aliphatic carbocycles. The van der Waals surface area contributed by atoms with E-state index in [9.17, 15) is 9.59 Å². The van der Waals surface area contributed by atoms with Gasteiger partial charge in [-0.05, 0) is 43.7 Å². The Kier molecular flexibility index (Phi) is 5.76. The van der Waals surface area contributed by atoms with Crippen LogP contribution >= 0.6 is 15.9 Å². The van der Waals surface area contributed by atoms with E-state index in [0.717, 1.165) is 10.0 Å². The SMILES string of the molecule is Cc1ccccc1C(=O)NNC(=O)C(C)Oc1cccc(Br)c1. The minimum atomic E-state index is -0.749. The molecule has 0 heterocycles. The van der Waals surface area contributed by atoms with Crippen LogP contribution < -0.4 is 15.6 Å². The second-order valence-electron chi connectivity index (χ2n) is 4.98. The molecule has 0 saturated heterocycles. The van der Waals surface area contributed by atoms with E-state index in [0.29, 0.717) is 11.3 Å². The minimum Gasteiger partial charge on any atom is -0.481 e. The van der Waals surface area contributed by atoms with Crippen LogP contribution in [0.15, 0.2) is 53.0 Å². The molecule has 2 amide bonds. The first-order chi connectivity index (χ1) is 11.0. The van der Waals surface area contributed by atoms with Crippen molar-refractivity contribution in [2.24, 2.45) is 0 Å². The van der Waals surface area contributed by atoms with Crippen LogP contribution in [-0.4, -0.2) is 17.9 Å². The van der Waals surface area contributed by atoms with Crippen LogP contribution in [0.5, 0.6) is 5.75 Å². The molecule has 5 nitrogen and oxygen atoms in total. The first-order valence-corrected chi connectivity index (χ1v) is 7.84. The summed E-state index contributed by atoms with van der Waals surface area (Å²) in [4.78, 5) is 24.0. The van der Waals surface area contributed by atoms with Gasteiger partial charge in [0.1, 0.15) is 5.75 Å². The predicted molar refractivity (Wildman–Crippen MR) is 91.0 cm³/mol. The molecule has 0 saturated carbocycles. The van der Waals surface area contributed by atoms with Crippen LogP contribution in [0.25, 0.3) is 0 Å². The van der Waals surface area contributed by atoms with Gasteiger partial charge in [-0.15, -0.1) is 0 Å². The molecule has 0 aliphatic heterocycles. The van der Waals surface area contributed by atoms with Gasteiger partial charge in [0.05, 0.1) is 0 Å². The van der Waals surface area contributed by atoms with Gasteiger partial charge in [-0.2, -0.15) is 0 Å². The number of ether oxygens (including phenoxy) is 1. The van der Waals surface area contributed by atoms with Crippen LogP contribution in [0.3, 0.4) is 0 Å². The van der Waals surface area contributed by atoms with Crippen molar-refractivity contribution in [2.75, 3.05) is 0 Å². The molecule has 0 aliphatic rings. The molecule has 120 valence electrons. The Balaban J connectivity index is 1.89. The molecule has 0 fully saturated rings. The number of amides is 2. The number of benzene rings is 2. The van der Waals surface area contributed by atoms with Crippen molar-refractivity contribution in [1.29, 1.82) is 0 Å². The molecule has 0 radical (unpaired) electrons. The molecular weight excluding hydrogens is 360 g/mol. The summed E-state index contributed by atoms with van der Waals surface area (Å²) in [5, 5.41) is 0. The fourth-order valence-electron chi connectivity index (χ4n) is 1.91. The van der Waals surface area contributed by atoms with Gasteiger partial charge in [0.15, 0.2) is 6.10 Å². The molecule has 0 spiro atoms. The van der Waals surface area contributed by atoms with Crippen LogP contribution in [-0.2, 0) is 4.79 Å². The Morgan fingerprint density at radius 1 is 1.09 bits per heavy atom. The summed E-state index contributed by atoms with van der Waals surface area (Å²) in [7, 11) is 0. The smallest absolute Gasteiger partial charge is 0.279 e. The number of hydrogen-bond donors (Lipinski definition) is 2.